The summed E-state index contributed by atoms with van der Waals surface area (Å²) in [6.45, 7) is 3.01. The van der Waals surface area contributed by atoms with E-state index in [2.05, 4.69) is 5.32 Å². The zero-order valence-corrected chi connectivity index (χ0v) is 18.1. The first-order valence-electron chi connectivity index (χ1n) is 10.5. The van der Waals surface area contributed by atoms with Gasteiger partial charge < -0.3 is 5.32 Å². The van der Waals surface area contributed by atoms with Gasteiger partial charge in [-0.25, -0.2) is 12.8 Å². The molecule has 3 rings (SSSR count). The molecule has 1 amide bonds. The van der Waals surface area contributed by atoms with Gasteiger partial charge in [-0.2, -0.15) is 4.31 Å². The highest BCUT2D eigenvalue weighted by Gasteiger charge is 2.24. The van der Waals surface area contributed by atoms with Crippen molar-refractivity contribution in [2.45, 2.75) is 56.4 Å². The van der Waals surface area contributed by atoms with Crippen LogP contribution in [0, 0.1) is 5.82 Å². The quantitative estimate of drug-likeness (QED) is 0.713. The van der Waals surface area contributed by atoms with E-state index < -0.39 is 10.0 Å². The van der Waals surface area contributed by atoms with Crippen molar-refractivity contribution in [2.24, 2.45) is 0 Å². The number of benzene rings is 2. The number of hydrogen-bond acceptors (Lipinski definition) is 3. The Balaban J connectivity index is 1.53. The van der Waals surface area contributed by atoms with Crippen LogP contribution in [0.3, 0.4) is 0 Å². The molecule has 162 valence electrons. The number of rotatable bonds is 7. The van der Waals surface area contributed by atoms with Crippen molar-refractivity contribution >= 4 is 15.9 Å². The fourth-order valence-electron chi connectivity index (χ4n) is 3.67. The first-order chi connectivity index (χ1) is 14.4. The fraction of sp³-hybridized carbons (Fsp3) is 0.435. The number of hydrogen-bond donors (Lipinski definition) is 1. The van der Waals surface area contributed by atoms with Gasteiger partial charge in [-0.3, -0.25) is 4.79 Å². The lowest BCUT2D eigenvalue weighted by molar-refractivity contribution is -0.121. The van der Waals surface area contributed by atoms with Crippen LogP contribution in [0.25, 0.3) is 0 Å². The third-order valence-corrected chi connectivity index (χ3v) is 7.43. The summed E-state index contributed by atoms with van der Waals surface area (Å²) < 4.78 is 40.3. The van der Waals surface area contributed by atoms with Gasteiger partial charge in [-0.05, 0) is 61.6 Å². The standard InChI is InChI=1S/C23H29FN2O3S/c1-18(20-9-11-21(24)12-10-20)25-23(27)15-8-19-6-13-22(14-7-19)30(28,29)26-16-4-2-3-5-17-26/h6-7,9-14,18H,2-5,8,15-17H2,1H3,(H,25,27). The van der Waals surface area contributed by atoms with Crippen molar-refractivity contribution in [3.63, 3.8) is 0 Å². The van der Waals surface area contributed by atoms with Crippen LogP contribution in [0.2, 0.25) is 0 Å². The van der Waals surface area contributed by atoms with E-state index in [1.165, 1.54) is 12.1 Å². The highest BCUT2D eigenvalue weighted by Crippen LogP contribution is 2.21. The first-order valence-corrected chi connectivity index (χ1v) is 11.9. The summed E-state index contributed by atoms with van der Waals surface area (Å²) in [4.78, 5) is 12.6. The maximum absolute atomic E-state index is 13.0. The molecule has 1 aliphatic heterocycles. The fourth-order valence-corrected chi connectivity index (χ4v) is 5.18. The van der Waals surface area contributed by atoms with E-state index in [-0.39, 0.29) is 17.8 Å². The zero-order valence-electron chi connectivity index (χ0n) is 17.3. The predicted molar refractivity (Wildman–Crippen MR) is 115 cm³/mol. The second-order valence-electron chi connectivity index (χ2n) is 7.80. The molecule has 1 unspecified atom stereocenters. The summed E-state index contributed by atoms with van der Waals surface area (Å²) in [7, 11) is -3.46. The molecule has 0 aliphatic carbocycles. The van der Waals surface area contributed by atoms with Crippen LogP contribution in [0.4, 0.5) is 4.39 Å². The molecule has 1 N–H and O–H groups in total. The summed E-state index contributed by atoms with van der Waals surface area (Å²) in [6, 6.07) is 12.7. The molecule has 1 atom stereocenters. The van der Waals surface area contributed by atoms with Gasteiger partial charge in [0.05, 0.1) is 10.9 Å². The predicted octanol–water partition coefficient (Wildman–Crippen LogP) is 4.20. The molecule has 2 aromatic rings. The minimum absolute atomic E-state index is 0.104. The number of carbonyl (C=O) groups is 1. The molecule has 0 saturated carbocycles. The minimum atomic E-state index is -3.46. The number of nitrogens with zero attached hydrogens (tertiary/aromatic N) is 1. The van der Waals surface area contributed by atoms with Crippen molar-refractivity contribution in [2.75, 3.05) is 13.1 Å². The number of carbonyl (C=O) groups excluding carboxylic acids is 1. The van der Waals surface area contributed by atoms with Gasteiger partial charge in [-0.15, -0.1) is 0 Å². The van der Waals surface area contributed by atoms with Crippen LogP contribution < -0.4 is 5.32 Å². The maximum atomic E-state index is 13.0. The summed E-state index contributed by atoms with van der Waals surface area (Å²) in [5.74, 6) is -0.410. The molecule has 1 heterocycles. The largest absolute Gasteiger partial charge is 0.350 e. The molecule has 30 heavy (non-hydrogen) atoms. The second-order valence-corrected chi connectivity index (χ2v) is 9.74. The molecule has 1 saturated heterocycles. The lowest BCUT2D eigenvalue weighted by Crippen LogP contribution is -2.31. The number of amides is 1. The van der Waals surface area contributed by atoms with E-state index in [0.717, 1.165) is 36.8 Å². The van der Waals surface area contributed by atoms with Gasteiger partial charge in [0.15, 0.2) is 0 Å². The lowest BCUT2D eigenvalue weighted by Gasteiger charge is -2.20. The second kappa shape index (κ2) is 10.2. The van der Waals surface area contributed by atoms with E-state index in [9.17, 15) is 17.6 Å². The molecule has 0 spiro atoms. The van der Waals surface area contributed by atoms with Gasteiger partial charge in [0.25, 0.3) is 0 Å². The van der Waals surface area contributed by atoms with Crippen molar-refractivity contribution in [1.82, 2.24) is 9.62 Å². The average Bonchev–Trinajstić information content (AvgIpc) is 3.03. The van der Waals surface area contributed by atoms with Gasteiger partial charge in [-0.1, -0.05) is 37.1 Å². The van der Waals surface area contributed by atoms with E-state index >= 15 is 0 Å². The zero-order chi connectivity index (χ0) is 21.6. The molecule has 1 aliphatic rings. The van der Waals surface area contributed by atoms with Crippen molar-refractivity contribution in [1.29, 1.82) is 0 Å². The molecular weight excluding hydrogens is 403 g/mol. The Hall–Kier alpha value is -2.25. The smallest absolute Gasteiger partial charge is 0.243 e. The summed E-state index contributed by atoms with van der Waals surface area (Å²) >= 11 is 0. The minimum Gasteiger partial charge on any atom is -0.350 e. The maximum Gasteiger partial charge on any atom is 0.243 e. The Bertz CT molecular complexity index is 935. The Kier molecular flexibility index (Phi) is 7.61. The van der Waals surface area contributed by atoms with Gasteiger partial charge in [0, 0.05) is 19.5 Å². The Morgan fingerprint density at radius 1 is 1.00 bits per heavy atom. The Morgan fingerprint density at radius 2 is 1.60 bits per heavy atom. The van der Waals surface area contributed by atoms with E-state index in [4.69, 9.17) is 0 Å². The third-order valence-electron chi connectivity index (χ3n) is 5.51. The molecule has 0 aromatic heterocycles. The van der Waals surface area contributed by atoms with E-state index in [1.807, 2.05) is 6.92 Å². The summed E-state index contributed by atoms with van der Waals surface area (Å²) in [6.07, 6.45) is 4.78. The topological polar surface area (TPSA) is 66.5 Å². The van der Waals surface area contributed by atoms with E-state index in [0.29, 0.717) is 30.8 Å². The summed E-state index contributed by atoms with van der Waals surface area (Å²) in [5, 5.41) is 2.91. The molecule has 2 aromatic carbocycles. The summed E-state index contributed by atoms with van der Waals surface area (Å²) in [5.41, 5.74) is 1.75. The molecular formula is C23H29FN2O3S. The van der Waals surface area contributed by atoms with Crippen molar-refractivity contribution in [3.8, 4) is 0 Å². The third kappa shape index (κ3) is 5.89. The number of halogens is 1. The molecule has 7 heteroatoms. The molecule has 0 bridgehead atoms. The molecule has 5 nitrogen and oxygen atoms in total. The molecule has 0 radical (unpaired) electrons. The normalized spacial score (nSPS) is 16.6. The lowest BCUT2D eigenvalue weighted by atomic mass is 10.1. The monoisotopic (exact) mass is 432 g/mol. The first kappa shape index (κ1) is 22.4. The molecule has 1 fully saturated rings. The van der Waals surface area contributed by atoms with Gasteiger partial charge in [0.2, 0.25) is 15.9 Å². The highest BCUT2D eigenvalue weighted by atomic mass is 32.2. The van der Waals surface area contributed by atoms with Gasteiger partial charge in [0.1, 0.15) is 5.82 Å². The van der Waals surface area contributed by atoms with Crippen LogP contribution >= 0.6 is 0 Å². The van der Waals surface area contributed by atoms with Crippen LogP contribution in [-0.4, -0.2) is 31.7 Å². The average molecular weight is 433 g/mol. The van der Waals surface area contributed by atoms with Crippen molar-refractivity contribution in [3.05, 3.63) is 65.5 Å². The van der Waals surface area contributed by atoms with Gasteiger partial charge >= 0.3 is 0 Å². The number of nitrogens with one attached hydrogen (secondary N) is 1. The number of aryl methyl sites for hydroxylation is 1. The number of sulfonamides is 1. The van der Waals surface area contributed by atoms with Crippen LogP contribution in [0.15, 0.2) is 53.4 Å². The highest BCUT2D eigenvalue weighted by molar-refractivity contribution is 7.89. The van der Waals surface area contributed by atoms with E-state index in [1.54, 1.807) is 40.7 Å². The Morgan fingerprint density at radius 3 is 2.20 bits per heavy atom. The van der Waals surface area contributed by atoms with Crippen LogP contribution in [-0.2, 0) is 21.2 Å². The van der Waals surface area contributed by atoms with Crippen LogP contribution in [0.1, 0.15) is 56.2 Å². The Labute approximate surface area is 178 Å². The SMILES string of the molecule is CC(NC(=O)CCc1ccc(S(=O)(=O)N2CCCCCC2)cc1)c1ccc(F)cc1. The van der Waals surface area contributed by atoms with Crippen molar-refractivity contribution < 1.29 is 17.6 Å². The van der Waals surface area contributed by atoms with Crippen LogP contribution in [0.5, 0.6) is 0 Å².